The van der Waals surface area contributed by atoms with Crippen molar-refractivity contribution in [3.63, 3.8) is 0 Å². The number of pyridine rings is 1. The summed E-state index contributed by atoms with van der Waals surface area (Å²) in [4.78, 5) is 3.78. The van der Waals surface area contributed by atoms with Gasteiger partial charge in [0, 0.05) is 12.4 Å². The third-order valence-electron chi connectivity index (χ3n) is 0.566. The monoisotopic (exact) mass is 181 g/mol. The first-order valence-electron chi connectivity index (χ1n) is 4.84. The van der Waals surface area contributed by atoms with Gasteiger partial charge in [-0.05, 0) is 19.1 Å². The van der Waals surface area contributed by atoms with Crippen LogP contribution in [0.4, 0.5) is 0 Å². The summed E-state index contributed by atoms with van der Waals surface area (Å²) in [7, 11) is 0. The molecule has 0 aliphatic rings. The van der Waals surface area contributed by atoms with Crippen LogP contribution in [0.1, 0.15) is 34.6 Å². The van der Waals surface area contributed by atoms with E-state index in [1.54, 1.807) is 18.5 Å². The van der Waals surface area contributed by atoms with E-state index in [-0.39, 0.29) is 0 Å². The molecule has 0 aromatic carbocycles. The second kappa shape index (κ2) is 30.7. The Hall–Kier alpha value is -1.11. The highest BCUT2D eigenvalue weighted by Crippen LogP contribution is 1.73. The molecule has 1 aromatic rings. The van der Waals surface area contributed by atoms with Crippen LogP contribution in [0.5, 0.6) is 0 Å². The maximum absolute atomic E-state index is 3.78. The Kier molecular flexibility index (Phi) is 42.1. The van der Waals surface area contributed by atoms with Crippen LogP contribution in [0.2, 0.25) is 0 Å². The molecule has 1 heterocycles. The third-order valence-corrected chi connectivity index (χ3v) is 0.566. The lowest BCUT2D eigenvalue weighted by Crippen LogP contribution is -1.58. The molecule has 0 N–H and O–H groups in total. The number of hydrogen-bond acceptors (Lipinski definition) is 1. The molecule has 1 aromatic heterocycles. The Bertz CT molecular complexity index is 108. The summed E-state index contributed by atoms with van der Waals surface area (Å²) in [5.74, 6) is 0. The zero-order valence-electron chi connectivity index (χ0n) is 9.62. The van der Waals surface area contributed by atoms with Crippen LogP contribution >= 0.6 is 0 Å². The normalized spacial score (nSPS) is 5.62. The molecule has 0 aliphatic carbocycles. The molecule has 1 heteroatoms. The summed E-state index contributed by atoms with van der Waals surface area (Å²) >= 11 is 0. The SMILES string of the molecule is C=CC.CC.CC.c1ccncc1. The average Bonchev–Trinajstić information content (AvgIpc) is 2.27. The van der Waals surface area contributed by atoms with E-state index in [0.29, 0.717) is 0 Å². The molecule has 76 valence electrons. The van der Waals surface area contributed by atoms with Gasteiger partial charge in [-0.15, -0.1) is 6.58 Å². The fraction of sp³-hybridized carbons (Fsp3) is 0.417. The van der Waals surface area contributed by atoms with Crippen LogP contribution in [0.25, 0.3) is 0 Å². The van der Waals surface area contributed by atoms with E-state index in [9.17, 15) is 0 Å². The van der Waals surface area contributed by atoms with Gasteiger partial charge in [-0.2, -0.15) is 0 Å². The summed E-state index contributed by atoms with van der Waals surface area (Å²) < 4.78 is 0. The minimum absolute atomic E-state index is 1.75. The van der Waals surface area contributed by atoms with Crippen LogP contribution in [0, 0.1) is 0 Å². The molecule has 0 saturated heterocycles. The number of hydrogen-bond donors (Lipinski definition) is 0. The molecule has 0 unspecified atom stereocenters. The number of aromatic nitrogens is 1. The molecule has 0 spiro atoms. The van der Waals surface area contributed by atoms with Gasteiger partial charge in [-0.25, -0.2) is 0 Å². The largest absolute Gasteiger partial charge is 0.265 e. The maximum atomic E-state index is 3.78. The van der Waals surface area contributed by atoms with Crippen LogP contribution < -0.4 is 0 Å². The minimum atomic E-state index is 1.75. The third kappa shape index (κ3) is 36.0. The van der Waals surface area contributed by atoms with Crippen molar-refractivity contribution in [2.24, 2.45) is 0 Å². The molecular formula is C12H23N. The Morgan fingerprint density at radius 1 is 0.923 bits per heavy atom. The molecule has 1 nitrogen and oxygen atoms in total. The van der Waals surface area contributed by atoms with Crippen molar-refractivity contribution in [1.82, 2.24) is 4.98 Å². The van der Waals surface area contributed by atoms with E-state index in [2.05, 4.69) is 11.6 Å². The summed E-state index contributed by atoms with van der Waals surface area (Å²) in [6, 6.07) is 5.72. The van der Waals surface area contributed by atoms with E-state index in [4.69, 9.17) is 0 Å². The highest BCUT2D eigenvalue weighted by atomic mass is 14.6. The summed E-state index contributed by atoms with van der Waals surface area (Å²) in [6.45, 7) is 13.2. The van der Waals surface area contributed by atoms with Gasteiger partial charge >= 0.3 is 0 Å². The molecule has 13 heavy (non-hydrogen) atoms. The van der Waals surface area contributed by atoms with Crippen LogP contribution in [0.15, 0.2) is 43.2 Å². The Balaban J connectivity index is -0.000000124. The first-order chi connectivity index (χ1) is 6.41. The standard InChI is InChI=1S/C5H5N.C3H6.2C2H6/c1-2-4-6-5-3-1;1-3-2;2*1-2/h1-5H;3H,1H2,2H3;2*1-2H3. The second-order valence-electron chi connectivity index (χ2n) is 1.43. The van der Waals surface area contributed by atoms with Crippen molar-refractivity contribution < 1.29 is 0 Å². The predicted octanol–water partition coefficient (Wildman–Crippen LogP) is 4.33. The lowest BCUT2D eigenvalue weighted by molar-refractivity contribution is 1.33. The first kappa shape index (κ1) is 17.8. The van der Waals surface area contributed by atoms with Gasteiger partial charge in [0.1, 0.15) is 0 Å². The Labute approximate surface area is 83.5 Å². The van der Waals surface area contributed by atoms with Crippen molar-refractivity contribution in [2.45, 2.75) is 34.6 Å². The van der Waals surface area contributed by atoms with E-state index in [1.807, 2.05) is 52.8 Å². The number of rotatable bonds is 0. The van der Waals surface area contributed by atoms with Crippen molar-refractivity contribution in [2.75, 3.05) is 0 Å². The quantitative estimate of drug-likeness (QED) is 0.543. The Morgan fingerprint density at radius 3 is 1.31 bits per heavy atom. The van der Waals surface area contributed by atoms with Crippen LogP contribution in [-0.4, -0.2) is 4.98 Å². The van der Waals surface area contributed by atoms with Gasteiger partial charge in [0.05, 0.1) is 0 Å². The van der Waals surface area contributed by atoms with Gasteiger partial charge in [0.2, 0.25) is 0 Å². The topological polar surface area (TPSA) is 12.9 Å². The first-order valence-corrected chi connectivity index (χ1v) is 4.84. The van der Waals surface area contributed by atoms with E-state index < -0.39 is 0 Å². The molecule has 0 atom stereocenters. The van der Waals surface area contributed by atoms with Crippen LogP contribution in [0.3, 0.4) is 0 Å². The smallest absolute Gasteiger partial charge is 0.0267 e. The number of allylic oxidation sites excluding steroid dienone is 1. The van der Waals surface area contributed by atoms with E-state index in [0.717, 1.165) is 0 Å². The summed E-state index contributed by atoms with van der Waals surface area (Å²) in [6.07, 6.45) is 5.25. The van der Waals surface area contributed by atoms with Gasteiger partial charge in [-0.1, -0.05) is 39.8 Å². The van der Waals surface area contributed by atoms with Gasteiger partial charge in [0.15, 0.2) is 0 Å². The molecule has 0 bridgehead atoms. The molecule has 0 amide bonds. The minimum Gasteiger partial charge on any atom is -0.265 e. The van der Waals surface area contributed by atoms with Gasteiger partial charge < -0.3 is 0 Å². The number of nitrogens with zero attached hydrogens (tertiary/aromatic N) is 1. The van der Waals surface area contributed by atoms with Crippen molar-refractivity contribution in [3.8, 4) is 0 Å². The maximum Gasteiger partial charge on any atom is 0.0267 e. The van der Waals surface area contributed by atoms with E-state index in [1.165, 1.54) is 0 Å². The fourth-order valence-electron chi connectivity index (χ4n) is 0.313. The lowest BCUT2D eigenvalue weighted by atomic mass is 10.5. The second-order valence-corrected chi connectivity index (χ2v) is 1.43. The highest BCUT2D eigenvalue weighted by molar-refractivity contribution is 4.88. The predicted molar refractivity (Wildman–Crippen MR) is 62.8 cm³/mol. The van der Waals surface area contributed by atoms with Crippen molar-refractivity contribution >= 4 is 0 Å². The molecular weight excluding hydrogens is 158 g/mol. The molecule has 0 saturated carbocycles. The van der Waals surface area contributed by atoms with Crippen molar-refractivity contribution in [1.29, 1.82) is 0 Å². The zero-order chi connectivity index (χ0) is 10.9. The van der Waals surface area contributed by atoms with Crippen LogP contribution in [-0.2, 0) is 0 Å². The molecule has 0 radical (unpaired) electrons. The zero-order valence-corrected chi connectivity index (χ0v) is 9.62. The van der Waals surface area contributed by atoms with Crippen molar-refractivity contribution in [3.05, 3.63) is 43.2 Å². The molecule has 0 aliphatic heterocycles. The lowest BCUT2D eigenvalue weighted by Gasteiger charge is -1.70. The fourth-order valence-corrected chi connectivity index (χ4v) is 0.313. The average molecular weight is 181 g/mol. The summed E-state index contributed by atoms with van der Waals surface area (Å²) in [5, 5.41) is 0. The molecule has 1 rings (SSSR count). The highest BCUT2D eigenvalue weighted by Gasteiger charge is 1.58. The molecule has 0 fully saturated rings. The van der Waals surface area contributed by atoms with Gasteiger partial charge in [-0.3, -0.25) is 4.98 Å². The van der Waals surface area contributed by atoms with Gasteiger partial charge in [0.25, 0.3) is 0 Å². The summed E-state index contributed by atoms with van der Waals surface area (Å²) in [5.41, 5.74) is 0. The van der Waals surface area contributed by atoms with E-state index >= 15 is 0 Å². The Morgan fingerprint density at radius 2 is 1.23 bits per heavy atom.